The molecule has 1 amide bonds. The average molecular weight is 353 g/mol. The zero-order valence-corrected chi connectivity index (χ0v) is 14.5. The number of anilines is 2. The molecular weight excluding hydrogens is 333 g/mol. The Labute approximate surface area is 151 Å². The maximum absolute atomic E-state index is 12.9. The molecule has 0 atom stereocenters. The van der Waals surface area contributed by atoms with Gasteiger partial charge in [0.05, 0.1) is 0 Å². The van der Waals surface area contributed by atoms with Gasteiger partial charge in [-0.1, -0.05) is 6.92 Å². The Balaban J connectivity index is 1.69. The van der Waals surface area contributed by atoms with E-state index in [1.165, 1.54) is 30.3 Å². The number of nitrogens with one attached hydrogen (secondary N) is 1. The minimum atomic E-state index is -0.566. The lowest BCUT2D eigenvalue weighted by molar-refractivity contribution is -0.112. The van der Waals surface area contributed by atoms with Crippen LogP contribution in [0.15, 0.2) is 46.4 Å². The summed E-state index contributed by atoms with van der Waals surface area (Å²) in [7, 11) is 0. The van der Waals surface area contributed by atoms with Crippen molar-refractivity contribution in [2.45, 2.75) is 19.8 Å². The van der Waals surface area contributed by atoms with Gasteiger partial charge in [-0.2, -0.15) is 5.26 Å². The van der Waals surface area contributed by atoms with Crippen molar-refractivity contribution in [2.24, 2.45) is 5.92 Å². The molecule has 1 N–H and O–H groups in total. The molecule has 6 heteroatoms. The summed E-state index contributed by atoms with van der Waals surface area (Å²) in [5, 5.41) is 11.8. The number of benzene rings is 1. The molecule has 0 radical (unpaired) electrons. The van der Waals surface area contributed by atoms with E-state index in [-0.39, 0.29) is 5.57 Å². The number of piperidine rings is 1. The molecule has 1 aliphatic heterocycles. The van der Waals surface area contributed by atoms with Gasteiger partial charge in [0.2, 0.25) is 0 Å². The molecule has 1 aromatic heterocycles. The normalized spacial score (nSPS) is 15.6. The van der Waals surface area contributed by atoms with Gasteiger partial charge in [-0.05, 0) is 49.1 Å². The molecule has 1 aliphatic rings. The van der Waals surface area contributed by atoms with Crippen LogP contribution in [-0.4, -0.2) is 19.0 Å². The first-order chi connectivity index (χ1) is 12.5. The van der Waals surface area contributed by atoms with Gasteiger partial charge in [0.25, 0.3) is 5.91 Å². The number of rotatable bonds is 4. The van der Waals surface area contributed by atoms with E-state index in [2.05, 4.69) is 17.1 Å². The lowest BCUT2D eigenvalue weighted by atomic mass is 9.99. The minimum Gasteiger partial charge on any atom is -0.441 e. The molecule has 0 aliphatic carbocycles. The van der Waals surface area contributed by atoms with Gasteiger partial charge < -0.3 is 14.6 Å². The summed E-state index contributed by atoms with van der Waals surface area (Å²) in [6.45, 7) is 4.12. The Bertz CT molecular complexity index is 841. The minimum absolute atomic E-state index is 0.0810. The highest BCUT2D eigenvalue weighted by Gasteiger charge is 2.18. The highest BCUT2D eigenvalue weighted by atomic mass is 19.1. The lowest BCUT2D eigenvalue weighted by Crippen LogP contribution is -2.32. The predicted octanol–water partition coefficient (Wildman–Crippen LogP) is 4.20. The summed E-state index contributed by atoms with van der Waals surface area (Å²) in [5.41, 5.74) is 0.336. The van der Waals surface area contributed by atoms with Crippen LogP contribution in [0.2, 0.25) is 0 Å². The standard InChI is InChI=1S/C20H20FN3O2/c1-14-8-10-24(11-9-14)19-7-6-18(26-19)12-15(13-22)20(25)23-17-4-2-16(21)3-5-17/h2-7,12,14H,8-11H2,1H3,(H,23,25). The Morgan fingerprint density at radius 2 is 1.96 bits per heavy atom. The van der Waals surface area contributed by atoms with Gasteiger partial charge >= 0.3 is 0 Å². The second-order valence-corrected chi connectivity index (χ2v) is 6.48. The third-order valence-corrected chi connectivity index (χ3v) is 4.46. The summed E-state index contributed by atoms with van der Waals surface area (Å²) in [5.74, 6) is 0.961. The van der Waals surface area contributed by atoms with Crippen LogP contribution in [-0.2, 0) is 4.79 Å². The highest BCUT2D eigenvalue weighted by Crippen LogP contribution is 2.26. The number of carbonyl (C=O) groups is 1. The molecule has 1 saturated heterocycles. The second-order valence-electron chi connectivity index (χ2n) is 6.48. The number of halogens is 1. The molecule has 0 bridgehead atoms. The summed E-state index contributed by atoms with van der Waals surface area (Å²) in [6.07, 6.45) is 3.65. The van der Waals surface area contributed by atoms with Crippen molar-refractivity contribution in [1.82, 2.24) is 0 Å². The summed E-state index contributed by atoms with van der Waals surface area (Å²) >= 11 is 0. The molecule has 0 unspecified atom stereocenters. The van der Waals surface area contributed by atoms with Crippen molar-refractivity contribution in [1.29, 1.82) is 5.26 Å². The lowest BCUT2D eigenvalue weighted by Gasteiger charge is -2.29. The molecule has 5 nitrogen and oxygen atoms in total. The van der Waals surface area contributed by atoms with Crippen LogP contribution in [0.3, 0.4) is 0 Å². The van der Waals surface area contributed by atoms with Gasteiger partial charge in [-0.3, -0.25) is 4.79 Å². The maximum atomic E-state index is 12.9. The average Bonchev–Trinajstić information content (AvgIpc) is 3.11. The largest absolute Gasteiger partial charge is 0.441 e. The highest BCUT2D eigenvalue weighted by molar-refractivity contribution is 6.09. The summed E-state index contributed by atoms with van der Waals surface area (Å²) < 4.78 is 18.7. The van der Waals surface area contributed by atoms with Crippen LogP contribution in [0.5, 0.6) is 0 Å². The molecule has 3 rings (SSSR count). The fourth-order valence-electron chi connectivity index (χ4n) is 2.84. The van der Waals surface area contributed by atoms with Crippen molar-refractivity contribution >= 4 is 23.6 Å². The number of amides is 1. The number of hydrogen-bond donors (Lipinski definition) is 1. The molecule has 1 fully saturated rings. The van der Waals surface area contributed by atoms with Gasteiger partial charge in [0, 0.05) is 30.9 Å². The fraction of sp³-hybridized carbons (Fsp3) is 0.300. The number of nitriles is 1. The van der Waals surface area contributed by atoms with Crippen LogP contribution < -0.4 is 10.2 Å². The fourth-order valence-corrected chi connectivity index (χ4v) is 2.84. The second kappa shape index (κ2) is 7.87. The van der Waals surface area contributed by atoms with Crippen molar-refractivity contribution in [3.05, 3.63) is 53.5 Å². The van der Waals surface area contributed by atoms with Crippen LogP contribution in [0, 0.1) is 23.1 Å². The monoisotopic (exact) mass is 353 g/mol. The van der Waals surface area contributed by atoms with Gasteiger partial charge in [-0.15, -0.1) is 0 Å². The maximum Gasteiger partial charge on any atom is 0.266 e. The van der Waals surface area contributed by atoms with Crippen molar-refractivity contribution < 1.29 is 13.6 Å². The van der Waals surface area contributed by atoms with Gasteiger partial charge in [-0.25, -0.2) is 4.39 Å². The molecule has 0 saturated carbocycles. The van der Waals surface area contributed by atoms with Crippen molar-refractivity contribution in [3.8, 4) is 6.07 Å². The first-order valence-corrected chi connectivity index (χ1v) is 8.58. The van der Waals surface area contributed by atoms with E-state index in [0.29, 0.717) is 11.4 Å². The zero-order valence-electron chi connectivity index (χ0n) is 14.5. The van der Waals surface area contributed by atoms with Crippen LogP contribution in [0.25, 0.3) is 6.08 Å². The van der Waals surface area contributed by atoms with E-state index in [0.717, 1.165) is 37.7 Å². The van der Waals surface area contributed by atoms with E-state index >= 15 is 0 Å². The van der Waals surface area contributed by atoms with Crippen molar-refractivity contribution in [3.63, 3.8) is 0 Å². The first kappa shape index (κ1) is 17.7. The van der Waals surface area contributed by atoms with E-state index in [9.17, 15) is 14.4 Å². The third kappa shape index (κ3) is 4.31. The summed E-state index contributed by atoms with van der Waals surface area (Å²) in [4.78, 5) is 14.4. The molecule has 0 spiro atoms. The van der Waals surface area contributed by atoms with E-state index in [1.807, 2.05) is 12.1 Å². The topological polar surface area (TPSA) is 69.3 Å². The SMILES string of the molecule is CC1CCN(c2ccc(C=C(C#N)C(=O)Nc3ccc(F)cc3)o2)CC1. The third-order valence-electron chi connectivity index (χ3n) is 4.46. The molecule has 2 heterocycles. The van der Waals surface area contributed by atoms with Crippen molar-refractivity contribution in [2.75, 3.05) is 23.3 Å². The molecule has 134 valence electrons. The van der Waals surface area contributed by atoms with Gasteiger partial charge in [0.15, 0.2) is 5.88 Å². The Kier molecular flexibility index (Phi) is 5.37. The number of carbonyl (C=O) groups excluding carboxylic acids is 1. The van der Waals surface area contributed by atoms with E-state index in [1.54, 1.807) is 6.07 Å². The smallest absolute Gasteiger partial charge is 0.266 e. The van der Waals surface area contributed by atoms with E-state index in [4.69, 9.17) is 4.42 Å². The zero-order chi connectivity index (χ0) is 18.5. The molecule has 2 aromatic rings. The Hall–Kier alpha value is -3.07. The molecule has 26 heavy (non-hydrogen) atoms. The summed E-state index contributed by atoms with van der Waals surface area (Å²) in [6, 6.07) is 10.8. The first-order valence-electron chi connectivity index (χ1n) is 8.58. The predicted molar refractivity (Wildman–Crippen MR) is 97.9 cm³/mol. The quantitative estimate of drug-likeness (QED) is 0.661. The molecule has 1 aromatic carbocycles. The number of furan rings is 1. The molecular formula is C20H20FN3O2. The van der Waals surface area contributed by atoms with Crippen LogP contribution in [0.4, 0.5) is 16.0 Å². The van der Waals surface area contributed by atoms with E-state index < -0.39 is 11.7 Å². The Morgan fingerprint density at radius 1 is 1.27 bits per heavy atom. The Morgan fingerprint density at radius 3 is 2.62 bits per heavy atom. The van der Waals surface area contributed by atoms with Crippen LogP contribution in [0.1, 0.15) is 25.5 Å². The van der Waals surface area contributed by atoms with Crippen LogP contribution >= 0.6 is 0 Å². The van der Waals surface area contributed by atoms with Gasteiger partial charge in [0.1, 0.15) is 23.2 Å². The number of nitrogens with zero attached hydrogens (tertiary/aromatic N) is 2. The number of hydrogen-bond acceptors (Lipinski definition) is 4.